The summed E-state index contributed by atoms with van der Waals surface area (Å²) in [5, 5.41) is 212. The van der Waals surface area contributed by atoms with Crippen LogP contribution >= 0.6 is 0 Å². The highest BCUT2D eigenvalue weighted by Crippen LogP contribution is 2.39. The second-order valence-corrected chi connectivity index (χ2v) is 28.5. The number of unbranched alkanes of at least 4 members (excludes halogenated alkanes) is 2. The van der Waals surface area contributed by atoms with Gasteiger partial charge in [0.15, 0.2) is 37.7 Å². The number of carbonyl (C=O) groups excluding carboxylic acids is 7. The number of carbonyl (C=O) groups is 7. The first-order valence-electron chi connectivity index (χ1n) is 37.6. The lowest BCUT2D eigenvalue weighted by atomic mass is 9.93. The number of ether oxygens (including phenoxy) is 14. The predicted molar refractivity (Wildman–Crippen MR) is 371 cm³/mol. The monoisotopic (exact) mass is 1640 g/mol. The van der Waals surface area contributed by atoms with Gasteiger partial charge < -0.3 is 190 Å². The van der Waals surface area contributed by atoms with Gasteiger partial charge in [-0.3, -0.25) is 33.6 Å². The molecule has 0 spiro atoms. The number of methoxy groups -OCH3 is 2. The summed E-state index contributed by atoms with van der Waals surface area (Å²) in [5.41, 5.74) is 0. The van der Waals surface area contributed by atoms with Gasteiger partial charge in [-0.1, -0.05) is 6.42 Å². The van der Waals surface area contributed by atoms with Gasteiger partial charge in [-0.2, -0.15) is 0 Å². The fraction of sp³-hybridized carbons (Fsp3) is 0.897. The third kappa shape index (κ3) is 25.8. The molecule has 36 atom stereocenters. The minimum absolute atomic E-state index is 0.0523. The van der Waals surface area contributed by atoms with E-state index in [0.29, 0.717) is 12.8 Å². The number of aliphatic hydroxyl groups excluding tert-OH is 18. The van der Waals surface area contributed by atoms with Crippen molar-refractivity contribution in [3.8, 4) is 0 Å². The summed E-state index contributed by atoms with van der Waals surface area (Å²) in [7, 11) is 2.30. The largest absolute Gasteiger partial charge is 0.469 e. The van der Waals surface area contributed by atoms with Crippen molar-refractivity contribution in [3.63, 3.8) is 0 Å². The highest BCUT2D eigenvalue weighted by atomic mass is 16.8. The van der Waals surface area contributed by atoms with E-state index in [1.807, 2.05) is 0 Å². The number of hydrogen-bond acceptors (Lipinski definition) is 39. The normalized spacial score (nSPS) is 37.8. The van der Waals surface area contributed by atoms with Crippen molar-refractivity contribution >= 4 is 41.4 Å². The Labute approximate surface area is 649 Å². The Morgan fingerprint density at radius 1 is 0.310 bits per heavy atom. The Bertz CT molecular complexity index is 2930. The van der Waals surface area contributed by atoms with Crippen LogP contribution < -0.4 is 31.9 Å². The highest BCUT2D eigenvalue weighted by molar-refractivity contribution is 5.83. The summed E-state index contributed by atoms with van der Waals surface area (Å²) in [5.74, 6) is -7.35. The zero-order valence-corrected chi connectivity index (χ0v) is 63.9. The summed E-state index contributed by atoms with van der Waals surface area (Å²) in [6.07, 6.45) is -59.0. The Kier molecular flexibility index (Phi) is 39.8. The summed E-state index contributed by atoms with van der Waals surface area (Å²) in [6, 6.07) is -9.69. The average Bonchev–Trinajstić information content (AvgIpc) is 0.764. The molecule has 0 saturated carbocycles. The molecule has 6 aliphatic heterocycles. The van der Waals surface area contributed by atoms with E-state index >= 15 is 0 Å². The van der Waals surface area contributed by atoms with Gasteiger partial charge in [0, 0.05) is 98.3 Å². The number of rotatable bonds is 42. The first-order chi connectivity index (χ1) is 53.6. The Hall–Kier alpha value is -4.95. The third-order valence-electron chi connectivity index (χ3n) is 20.3. The number of esters is 1. The van der Waals surface area contributed by atoms with Gasteiger partial charge in [-0.15, -0.1) is 0 Å². The lowest BCUT2D eigenvalue weighted by Crippen LogP contribution is -2.72. The second-order valence-electron chi connectivity index (χ2n) is 28.5. The van der Waals surface area contributed by atoms with E-state index in [4.69, 9.17) is 66.3 Å². The van der Waals surface area contributed by atoms with Crippen LogP contribution in [0.2, 0.25) is 0 Å². The van der Waals surface area contributed by atoms with Crippen molar-refractivity contribution in [2.24, 2.45) is 0 Å². The van der Waals surface area contributed by atoms with E-state index in [2.05, 4.69) is 31.9 Å². The summed E-state index contributed by atoms with van der Waals surface area (Å²) >= 11 is 0. The SMILES string of the molecule is COC(=O)CCCCCO[C@H]1O[C@H](C)[C@@H](NC(=O)[C@H](O)CCO)[C@H](O)[C@@H]1O[C@H]1O[C@H](C)[C@@H](NC(=O)[C@H](O)CCO)[C@H](O)[C@@H]1O[C@H]1O[C@H](C)[C@@H](NC(=O)[C@H](O)CCO)[C@H](O)[C@@H]1O[C@H]1O[C@H](C)[C@@H](NC(=O)[C@H](O)CCO)[C@H](O)[C@@H]1O[C@H]1O[C@H](C)[C@@H](NC(=O)[C@H](O)CCO)[C@H](O)[C@@H]1O[C@H]1O[C@H](C)[C@@H](NC(=O)[C@H](O)CCO)[C@H](O)[C@@H]1OC. The minimum atomic E-state index is -2.29. The zero-order chi connectivity index (χ0) is 84.0. The molecule has 654 valence electrons. The van der Waals surface area contributed by atoms with Crippen molar-refractivity contribution in [1.29, 1.82) is 0 Å². The van der Waals surface area contributed by atoms with E-state index < -0.39 is 340 Å². The van der Waals surface area contributed by atoms with E-state index in [9.17, 15) is 125 Å². The van der Waals surface area contributed by atoms with Crippen LogP contribution in [0.4, 0.5) is 0 Å². The molecule has 0 radical (unpaired) electrons. The third-order valence-corrected chi connectivity index (χ3v) is 20.3. The van der Waals surface area contributed by atoms with Gasteiger partial charge in [0.25, 0.3) is 0 Å². The first-order valence-corrected chi connectivity index (χ1v) is 37.6. The Morgan fingerprint density at radius 3 is 0.726 bits per heavy atom. The molecule has 0 aromatic heterocycles. The molecule has 0 aromatic rings. The molecule has 6 saturated heterocycles. The van der Waals surface area contributed by atoms with Crippen molar-refractivity contribution in [2.75, 3.05) is 60.5 Å². The van der Waals surface area contributed by atoms with Crippen LogP contribution in [0, 0.1) is 0 Å². The highest BCUT2D eigenvalue weighted by Gasteiger charge is 2.59. The smallest absolute Gasteiger partial charge is 0.305 e. The van der Waals surface area contributed by atoms with E-state index in [-0.39, 0.29) is 19.4 Å². The Morgan fingerprint density at radius 2 is 0.513 bits per heavy atom. The molecule has 45 heteroatoms. The molecule has 6 aliphatic rings. The van der Waals surface area contributed by atoms with Gasteiger partial charge in [-0.25, -0.2) is 0 Å². The van der Waals surface area contributed by atoms with E-state index in [1.165, 1.54) is 48.7 Å². The fourth-order valence-electron chi connectivity index (χ4n) is 13.7. The molecule has 0 aliphatic carbocycles. The predicted octanol–water partition coefficient (Wildman–Crippen LogP) is -12.3. The zero-order valence-electron chi connectivity index (χ0n) is 63.9. The number of amides is 6. The molecule has 6 heterocycles. The topological polar surface area (TPSA) is 685 Å². The van der Waals surface area contributed by atoms with Crippen molar-refractivity contribution in [2.45, 2.75) is 326 Å². The lowest BCUT2D eigenvalue weighted by molar-refractivity contribution is -0.401. The van der Waals surface area contributed by atoms with Crippen LogP contribution in [0.5, 0.6) is 0 Å². The van der Waals surface area contributed by atoms with Gasteiger partial charge in [0.1, 0.15) is 110 Å². The summed E-state index contributed by atoms with van der Waals surface area (Å²) in [6.45, 7) is 3.67. The molecule has 0 unspecified atom stereocenters. The molecule has 0 bridgehead atoms. The van der Waals surface area contributed by atoms with Gasteiger partial charge in [0.05, 0.1) is 80.0 Å². The maximum absolute atomic E-state index is 13.8. The fourth-order valence-corrected chi connectivity index (χ4v) is 13.7. The lowest BCUT2D eigenvalue weighted by Gasteiger charge is -2.52. The molecule has 6 rings (SSSR count). The number of nitrogens with one attached hydrogen (secondary N) is 6. The average molecular weight is 1640 g/mol. The van der Waals surface area contributed by atoms with Crippen LogP contribution in [-0.2, 0) is 99.9 Å². The quantitative estimate of drug-likeness (QED) is 0.0199. The molecule has 24 N–H and O–H groups in total. The molecular formula is C68H118N6O39. The van der Waals surface area contributed by atoms with Gasteiger partial charge in [0.2, 0.25) is 35.4 Å². The van der Waals surface area contributed by atoms with Crippen LogP contribution in [0.25, 0.3) is 0 Å². The summed E-state index contributed by atoms with van der Waals surface area (Å²) in [4.78, 5) is 93.0. The summed E-state index contributed by atoms with van der Waals surface area (Å²) < 4.78 is 87.5. The maximum Gasteiger partial charge on any atom is 0.305 e. The van der Waals surface area contributed by atoms with Crippen molar-refractivity contribution in [3.05, 3.63) is 0 Å². The molecule has 0 aromatic carbocycles. The van der Waals surface area contributed by atoms with Gasteiger partial charge in [-0.05, 0) is 54.4 Å². The number of aliphatic hydroxyl groups is 18. The second kappa shape index (κ2) is 46.4. The maximum atomic E-state index is 13.8. The van der Waals surface area contributed by atoms with Crippen LogP contribution in [0.3, 0.4) is 0 Å². The van der Waals surface area contributed by atoms with Crippen LogP contribution in [-0.4, -0.2) is 414 Å². The van der Waals surface area contributed by atoms with Crippen molar-refractivity contribution in [1.82, 2.24) is 31.9 Å². The molecule has 6 fully saturated rings. The Balaban J connectivity index is 1.51. The molecular weight excluding hydrogens is 1520 g/mol. The standard InChI is InChI=1S/C68H118N6O39/c1-26-40(70-58(95)33(82)14-20-76)46(89)52(63(103-26)102-25-11-9-10-12-38(87)100-7)109-65-54(48(91)42(28(3)105-65)72-60(97)35(84)16-22-78)111-67-56(50(93)44(30(5)107-67)74-62(99)37(86)18-24-80)113-68-55(49(92)43(31(6)108-68)73-61(98)36(85)17-23-79)112-66-53(47(90)41(29(4)106-66)71-59(96)34(83)15-21-77)110-64-51(101-8)45(88)39(27(2)104-64)69-57(94)32(81)13-19-75/h26-37,39-56,63-68,75-86,88-93H,9-25H2,1-8H3,(H,69,94)(H,70,95)(H,71,96)(H,72,97)(H,73,98)(H,74,99)/t26-,27-,28-,29-,30-,31-,32-,33-,34-,35-,36-,37-,39-,40-,41-,42-,43-,44-,45+,46+,47+,48+,49+,50+,51+,52+,53+,54+,55+,56+,63+,64-,65-,66-,67-,68-/m1/s1. The van der Waals surface area contributed by atoms with E-state index in [0.717, 1.165) is 7.11 Å². The molecule has 45 nitrogen and oxygen atoms in total. The van der Waals surface area contributed by atoms with Crippen molar-refractivity contribution < 1.29 is 192 Å². The van der Waals surface area contributed by atoms with Gasteiger partial charge >= 0.3 is 5.97 Å². The molecule has 113 heavy (non-hydrogen) atoms. The number of hydrogen-bond donors (Lipinski definition) is 24. The molecule has 6 amide bonds. The minimum Gasteiger partial charge on any atom is -0.469 e. The first kappa shape index (κ1) is 96.9. The van der Waals surface area contributed by atoms with E-state index in [1.54, 1.807) is 0 Å². The van der Waals surface area contributed by atoms with Crippen LogP contribution in [0.1, 0.15) is 106 Å². The van der Waals surface area contributed by atoms with Crippen LogP contribution in [0.15, 0.2) is 0 Å².